The Kier molecular flexibility index (Phi) is 9.96. The normalized spacial score (nSPS) is 24.6. The second kappa shape index (κ2) is 14.7. The van der Waals surface area contributed by atoms with Gasteiger partial charge < -0.3 is 18.8 Å². The van der Waals surface area contributed by atoms with Gasteiger partial charge in [0.05, 0.1) is 12.8 Å². The van der Waals surface area contributed by atoms with Gasteiger partial charge in [-0.1, -0.05) is 0 Å². The van der Waals surface area contributed by atoms with Crippen LogP contribution in [0.4, 0.5) is 10.6 Å². The van der Waals surface area contributed by atoms with Crippen LogP contribution >= 0.6 is 0 Å². The number of amides is 2. The van der Waals surface area contributed by atoms with Gasteiger partial charge in [-0.15, -0.1) is 0 Å². The van der Waals surface area contributed by atoms with Crippen molar-refractivity contribution in [3.8, 4) is 17.0 Å². The molecule has 4 aliphatic rings. The van der Waals surface area contributed by atoms with Gasteiger partial charge in [0.15, 0.2) is 5.89 Å². The van der Waals surface area contributed by atoms with Crippen LogP contribution in [-0.4, -0.2) is 64.7 Å². The minimum absolute atomic E-state index is 0.119. The van der Waals surface area contributed by atoms with Crippen molar-refractivity contribution in [1.29, 1.82) is 0 Å². The molecule has 0 radical (unpaired) electrons. The van der Waals surface area contributed by atoms with Crippen molar-refractivity contribution in [2.45, 2.75) is 108 Å². The molecule has 0 atom stereocenters. The summed E-state index contributed by atoms with van der Waals surface area (Å²) in [6, 6.07) is 8.06. The van der Waals surface area contributed by atoms with E-state index in [1.807, 2.05) is 34.9 Å². The van der Waals surface area contributed by atoms with E-state index in [2.05, 4.69) is 6.07 Å². The third-order valence-corrected chi connectivity index (χ3v) is 10.9. The number of ether oxygens (including phenoxy) is 2. The number of nitrogens with zero attached hydrogens (tertiary/aromatic N) is 5. The molecule has 256 valence electrons. The lowest BCUT2D eigenvalue weighted by molar-refractivity contribution is -0.124. The number of hydrogen-bond acceptors (Lipinski definition) is 8. The van der Waals surface area contributed by atoms with Crippen molar-refractivity contribution >= 4 is 17.8 Å². The maximum atomic E-state index is 14.4. The number of rotatable bonds is 9. The lowest BCUT2D eigenvalue weighted by Gasteiger charge is -2.36. The van der Waals surface area contributed by atoms with Crippen LogP contribution in [0.5, 0.6) is 5.75 Å². The molecule has 0 bridgehead atoms. The Balaban J connectivity index is 1.04. The van der Waals surface area contributed by atoms with Crippen molar-refractivity contribution in [1.82, 2.24) is 19.9 Å². The average Bonchev–Trinajstić information content (AvgIpc) is 3.87. The summed E-state index contributed by atoms with van der Waals surface area (Å²) in [5.41, 5.74) is 3.75. The largest absolute Gasteiger partial charge is 0.495 e. The predicted octanol–water partition coefficient (Wildman–Crippen LogP) is 7.81. The van der Waals surface area contributed by atoms with Crippen LogP contribution in [-0.2, 0) is 9.53 Å². The molecule has 3 saturated carbocycles. The van der Waals surface area contributed by atoms with Gasteiger partial charge >= 0.3 is 6.09 Å². The molecule has 1 saturated heterocycles. The summed E-state index contributed by atoms with van der Waals surface area (Å²) >= 11 is 0. The van der Waals surface area contributed by atoms with Gasteiger partial charge in [0.2, 0.25) is 5.91 Å². The van der Waals surface area contributed by atoms with Crippen LogP contribution in [0, 0.1) is 18.8 Å². The highest BCUT2D eigenvalue weighted by Crippen LogP contribution is 2.41. The summed E-state index contributed by atoms with van der Waals surface area (Å²) in [4.78, 5) is 45.3. The van der Waals surface area contributed by atoms with E-state index in [4.69, 9.17) is 28.8 Å². The lowest BCUT2D eigenvalue weighted by Crippen LogP contribution is -2.43. The number of piperidine rings is 1. The quantitative estimate of drug-likeness (QED) is 0.230. The summed E-state index contributed by atoms with van der Waals surface area (Å²) in [6.07, 6.45) is 15.6. The van der Waals surface area contributed by atoms with Crippen molar-refractivity contribution in [2.75, 3.05) is 31.6 Å². The molecule has 10 nitrogen and oxygen atoms in total. The summed E-state index contributed by atoms with van der Waals surface area (Å²) < 4.78 is 17.1. The van der Waals surface area contributed by atoms with E-state index >= 15 is 0 Å². The van der Waals surface area contributed by atoms with Crippen molar-refractivity contribution in [2.24, 2.45) is 11.8 Å². The molecule has 4 fully saturated rings. The monoisotopic (exact) mass is 655 g/mol. The van der Waals surface area contributed by atoms with E-state index in [1.165, 1.54) is 6.42 Å². The summed E-state index contributed by atoms with van der Waals surface area (Å²) in [5, 5.41) is 0. The average molecular weight is 656 g/mol. The molecular weight excluding hydrogens is 606 g/mol. The number of carbonyl (C=O) groups excluding carboxylic acids is 2. The first-order valence-corrected chi connectivity index (χ1v) is 18.2. The predicted molar refractivity (Wildman–Crippen MR) is 182 cm³/mol. The van der Waals surface area contributed by atoms with Crippen LogP contribution in [0.15, 0.2) is 41.1 Å². The number of pyridine rings is 2. The standard InChI is InChI=1S/C38H49N5O5/c1-25-34(46-2)17-16-32(40-25)27-8-6-26(7-9-27)23-43(35-22-30(18-19-39-35)33-24-47-36(41-33)28-10-11-28)37(44)29-12-14-31(15-13-29)48-38(45)42-20-4-3-5-21-42/h16-19,22,24,26-29,31H,3-15,20-21,23H2,1-2H3. The molecule has 10 heteroatoms. The molecule has 3 aliphatic carbocycles. The van der Waals surface area contributed by atoms with E-state index in [-0.39, 0.29) is 24.0 Å². The Labute approximate surface area is 283 Å². The molecule has 1 aliphatic heterocycles. The molecule has 0 N–H and O–H groups in total. The molecule has 2 amide bonds. The number of methoxy groups -OCH3 is 1. The zero-order valence-corrected chi connectivity index (χ0v) is 28.4. The topological polar surface area (TPSA) is 111 Å². The molecular formula is C38H49N5O5. The minimum Gasteiger partial charge on any atom is -0.495 e. The van der Waals surface area contributed by atoms with Gasteiger partial charge in [-0.05, 0) is 121 Å². The molecule has 0 unspecified atom stereocenters. The van der Waals surface area contributed by atoms with Crippen LogP contribution in [0.25, 0.3) is 11.3 Å². The van der Waals surface area contributed by atoms with Gasteiger partial charge in [-0.2, -0.15) is 0 Å². The number of likely N-dealkylation sites (tertiary alicyclic amines) is 1. The van der Waals surface area contributed by atoms with E-state index in [1.54, 1.807) is 19.6 Å². The minimum atomic E-state index is -0.194. The number of aryl methyl sites for hydroxylation is 1. The molecule has 0 spiro atoms. The maximum Gasteiger partial charge on any atom is 0.410 e. The Bertz CT molecular complexity index is 1560. The fourth-order valence-electron chi connectivity index (χ4n) is 7.81. The van der Waals surface area contributed by atoms with E-state index in [0.29, 0.717) is 55.8 Å². The molecule has 0 aromatic carbocycles. The smallest absolute Gasteiger partial charge is 0.410 e. The summed E-state index contributed by atoms with van der Waals surface area (Å²) in [5.74, 6) is 3.48. The van der Waals surface area contributed by atoms with Crippen molar-refractivity contribution in [3.63, 3.8) is 0 Å². The summed E-state index contributed by atoms with van der Waals surface area (Å²) in [6.45, 7) is 4.19. The number of carbonyl (C=O) groups is 2. The molecule has 3 aromatic rings. The van der Waals surface area contributed by atoms with Gasteiger partial charge in [0, 0.05) is 54.8 Å². The fraction of sp³-hybridized carbons (Fsp3) is 0.605. The van der Waals surface area contributed by atoms with Crippen LogP contribution < -0.4 is 9.64 Å². The highest BCUT2D eigenvalue weighted by atomic mass is 16.6. The Morgan fingerprint density at radius 3 is 2.38 bits per heavy atom. The number of anilines is 1. The highest BCUT2D eigenvalue weighted by Gasteiger charge is 2.35. The van der Waals surface area contributed by atoms with Crippen LogP contribution in [0.1, 0.15) is 113 Å². The maximum absolute atomic E-state index is 14.4. The van der Waals surface area contributed by atoms with Crippen LogP contribution in [0.2, 0.25) is 0 Å². The zero-order chi connectivity index (χ0) is 33.0. The lowest BCUT2D eigenvalue weighted by atomic mass is 9.79. The SMILES string of the molecule is COc1ccc(C2CCC(CN(C(=O)C3CCC(OC(=O)N4CCCCC4)CC3)c3cc(-c4coc(C5CC5)n4)ccn3)CC2)nc1C. The molecule has 4 heterocycles. The fourth-order valence-corrected chi connectivity index (χ4v) is 7.81. The van der Waals surface area contributed by atoms with E-state index in [0.717, 1.165) is 98.7 Å². The second-order valence-electron chi connectivity index (χ2n) is 14.3. The third kappa shape index (κ3) is 7.52. The number of oxazole rings is 1. The molecule has 3 aromatic heterocycles. The van der Waals surface area contributed by atoms with Gasteiger partial charge in [0.25, 0.3) is 0 Å². The Hall–Kier alpha value is -3.95. The molecule has 48 heavy (non-hydrogen) atoms. The number of hydrogen-bond donors (Lipinski definition) is 0. The van der Waals surface area contributed by atoms with Gasteiger partial charge in [-0.25, -0.2) is 14.8 Å². The van der Waals surface area contributed by atoms with Crippen molar-refractivity contribution < 1.29 is 23.5 Å². The van der Waals surface area contributed by atoms with Gasteiger partial charge in [-0.3, -0.25) is 14.7 Å². The molecule has 7 rings (SSSR count). The Morgan fingerprint density at radius 2 is 1.67 bits per heavy atom. The number of aromatic nitrogens is 3. The van der Waals surface area contributed by atoms with Crippen molar-refractivity contribution in [3.05, 3.63) is 54.0 Å². The first kappa shape index (κ1) is 32.6. The second-order valence-corrected chi connectivity index (χ2v) is 14.3. The first-order valence-electron chi connectivity index (χ1n) is 18.2. The first-order chi connectivity index (χ1) is 23.4. The summed E-state index contributed by atoms with van der Waals surface area (Å²) in [7, 11) is 1.68. The van der Waals surface area contributed by atoms with Crippen LogP contribution in [0.3, 0.4) is 0 Å². The van der Waals surface area contributed by atoms with E-state index in [9.17, 15) is 9.59 Å². The highest BCUT2D eigenvalue weighted by molar-refractivity contribution is 5.94. The third-order valence-electron chi connectivity index (χ3n) is 10.9. The van der Waals surface area contributed by atoms with Gasteiger partial charge in [0.1, 0.15) is 29.6 Å². The zero-order valence-electron chi connectivity index (χ0n) is 28.4. The van der Waals surface area contributed by atoms with E-state index < -0.39 is 0 Å². The Morgan fingerprint density at radius 1 is 0.917 bits per heavy atom.